The van der Waals surface area contributed by atoms with Gasteiger partial charge in [0.15, 0.2) is 5.82 Å². The van der Waals surface area contributed by atoms with E-state index in [2.05, 4.69) is 24.9 Å². The molecule has 2 aliphatic heterocycles. The average Bonchev–Trinajstić information content (AvgIpc) is 2.74. The molecular formula is C17H21F2N7O2. The Bertz CT molecular complexity index is 820. The van der Waals surface area contributed by atoms with Crippen molar-refractivity contribution in [3.8, 4) is 11.4 Å². The number of alkyl halides is 2. The molecule has 2 aromatic rings. The third-order valence-electron chi connectivity index (χ3n) is 4.72. The van der Waals surface area contributed by atoms with Gasteiger partial charge in [-0.25, -0.2) is 18.7 Å². The minimum absolute atomic E-state index is 0.0585. The number of rotatable bonds is 4. The summed E-state index contributed by atoms with van der Waals surface area (Å²) in [5.74, 6) is 1.01. The highest BCUT2D eigenvalue weighted by Crippen LogP contribution is 2.29. The van der Waals surface area contributed by atoms with Gasteiger partial charge in [-0.05, 0) is 6.92 Å². The lowest BCUT2D eigenvalue weighted by atomic mass is 10.2. The van der Waals surface area contributed by atoms with Crippen molar-refractivity contribution >= 4 is 11.9 Å². The summed E-state index contributed by atoms with van der Waals surface area (Å²) < 4.78 is 37.8. The second kappa shape index (κ2) is 8.23. The molecule has 2 fully saturated rings. The number of aromatic nitrogens is 5. The largest absolute Gasteiger partial charge is 0.378 e. The molecule has 0 aliphatic carbocycles. The second-order valence-electron chi connectivity index (χ2n) is 6.60. The molecular weight excluding hydrogens is 372 g/mol. The van der Waals surface area contributed by atoms with E-state index >= 15 is 0 Å². The lowest BCUT2D eigenvalue weighted by molar-refractivity contribution is 0.0980. The van der Waals surface area contributed by atoms with E-state index in [-0.39, 0.29) is 17.4 Å². The van der Waals surface area contributed by atoms with Gasteiger partial charge >= 0.3 is 0 Å². The quantitative estimate of drug-likeness (QED) is 0.763. The number of ether oxygens (including phenoxy) is 2. The van der Waals surface area contributed by atoms with E-state index in [0.29, 0.717) is 58.0 Å². The Morgan fingerprint density at radius 1 is 1.04 bits per heavy atom. The molecule has 0 radical (unpaired) electrons. The van der Waals surface area contributed by atoms with Gasteiger partial charge in [-0.15, -0.1) is 0 Å². The second-order valence-corrected chi connectivity index (χ2v) is 6.60. The standard InChI is InChI=1S/C17H21F2N7O2/c1-11-9-28-7-4-26(11)17-23-15(12-8-20-10-21-13(12)14(18)19)22-16(24-17)25-2-5-27-6-3-25/h8,10-11,14H,2-7,9H2,1H3/t11-/m0/s1. The number of halogens is 2. The number of hydrogen-bond donors (Lipinski definition) is 0. The fourth-order valence-electron chi connectivity index (χ4n) is 3.22. The molecule has 0 aromatic carbocycles. The third-order valence-corrected chi connectivity index (χ3v) is 4.72. The van der Waals surface area contributed by atoms with Gasteiger partial charge in [0.05, 0.1) is 38.0 Å². The van der Waals surface area contributed by atoms with Crippen molar-refractivity contribution in [1.82, 2.24) is 24.9 Å². The summed E-state index contributed by atoms with van der Waals surface area (Å²) in [5.41, 5.74) is -0.285. The number of nitrogens with zero attached hydrogens (tertiary/aromatic N) is 7. The van der Waals surface area contributed by atoms with Gasteiger partial charge in [0.25, 0.3) is 6.43 Å². The Hall–Kier alpha value is -2.53. The minimum atomic E-state index is -2.76. The van der Waals surface area contributed by atoms with Crippen molar-refractivity contribution in [1.29, 1.82) is 0 Å². The first kappa shape index (κ1) is 18.8. The number of hydrogen-bond acceptors (Lipinski definition) is 9. The first-order valence-electron chi connectivity index (χ1n) is 9.15. The van der Waals surface area contributed by atoms with Gasteiger partial charge in [0.2, 0.25) is 11.9 Å². The summed E-state index contributed by atoms with van der Waals surface area (Å²) >= 11 is 0. The van der Waals surface area contributed by atoms with E-state index in [0.717, 1.165) is 6.33 Å². The minimum Gasteiger partial charge on any atom is -0.378 e. The van der Waals surface area contributed by atoms with E-state index in [1.165, 1.54) is 6.20 Å². The lowest BCUT2D eigenvalue weighted by Crippen LogP contribution is -2.45. The molecule has 1 atom stereocenters. The van der Waals surface area contributed by atoms with Crippen LogP contribution < -0.4 is 9.80 Å². The highest BCUT2D eigenvalue weighted by Gasteiger charge is 2.26. The molecule has 2 aliphatic rings. The van der Waals surface area contributed by atoms with Crippen molar-refractivity contribution in [2.75, 3.05) is 55.9 Å². The molecule has 0 amide bonds. The summed E-state index contributed by atoms with van der Waals surface area (Å²) in [6.07, 6.45) is -0.341. The maximum absolute atomic E-state index is 13.5. The summed E-state index contributed by atoms with van der Waals surface area (Å²) in [4.78, 5) is 25.2. The molecule has 28 heavy (non-hydrogen) atoms. The van der Waals surface area contributed by atoms with Crippen LogP contribution in [0.5, 0.6) is 0 Å². The Morgan fingerprint density at radius 2 is 1.79 bits per heavy atom. The van der Waals surface area contributed by atoms with Crippen molar-refractivity contribution in [3.05, 3.63) is 18.2 Å². The highest BCUT2D eigenvalue weighted by molar-refractivity contribution is 5.60. The first-order chi connectivity index (χ1) is 13.6. The van der Waals surface area contributed by atoms with Crippen LogP contribution in [-0.4, -0.2) is 77.0 Å². The van der Waals surface area contributed by atoms with Gasteiger partial charge in [-0.2, -0.15) is 15.0 Å². The van der Waals surface area contributed by atoms with Crippen LogP contribution in [0, 0.1) is 0 Å². The molecule has 0 spiro atoms. The van der Waals surface area contributed by atoms with E-state index in [4.69, 9.17) is 9.47 Å². The molecule has 4 rings (SSSR count). The van der Waals surface area contributed by atoms with Crippen molar-refractivity contribution < 1.29 is 18.3 Å². The van der Waals surface area contributed by atoms with Gasteiger partial charge in [-0.1, -0.05) is 0 Å². The van der Waals surface area contributed by atoms with E-state index < -0.39 is 12.1 Å². The van der Waals surface area contributed by atoms with Gasteiger partial charge < -0.3 is 19.3 Å². The summed E-state index contributed by atoms with van der Waals surface area (Å²) in [6, 6.07) is 0.0585. The van der Waals surface area contributed by atoms with E-state index in [1.807, 2.05) is 16.7 Å². The summed E-state index contributed by atoms with van der Waals surface area (Å²) in [7, 11) is 0. The number of morpholine rings is 2. The smallest absolute Gasteiger partial charge is 0.281 e. The fourth-order valence-corrected chi connectivity index (χ4v) is 3.22. The normalized spacial score (nSPS) is 20.6. The van der Waals surface area contributed by atoms with Crippen LogP contribution in [0.3, 0.4) is 0 Å². The van der Waals surface area contributed by atoms with Crippen molar-refractivity contribution in [3.63, 3.8) is 0 Å². The Kier molecular flexibility index (Phi) is 5.53. The van der Waals surface area contributed by atoms with E-state index in [9.17, 15) is 8.78 Å². The first-order valence-corrected chi connectivity index (χ1v) is 9.15. The molecule has 2 saturated heterocycles. The van der Waals surface area contributed by atoms with Crippen molar-refractivity contribution in [2.24, 2.45) is 0 Å². The maximum Gasteiger partial charge on any atom is 0.281 e. The van der Waals surface area contributed by atoms with Crippen LogP contribution in [-0.2, 0) is 9.47 Å². The van der Waals surface area contributed by atoms with Gasteiger partial charge in [0, 0.05) is 25.8 Å². The molecule has 11 heteroatoms. The van der Waals surface area contributed by atoms with Crippen LogP contribution in [0.15, 0.2) is 12.5 Å². The third kappa shape index (κ3) is 3.85. The molecule has 2 aromatic heterocycles. The molecule has 0 N–H and O–H groups in total. The maximum atomic E-state index is 13.5. The average molecular weight is 393 g/mol. The highest BCUT2D eigenvalue weighted by atomic mass is 19.3. The Balaban J connectivity index is 1.80. The molecule has 9 nitrogen and oxygen atoms in total. The molecule has 0 saturated carbocycles. The number of anilines is 2. The monoisotopic (exact) mass is 393 g/mol. The van der Waals surface area contributed by atoms with Crippen LogP contribution in [0.2, 0.25) is 0 Å². The predicted molar refractivity (Wildman–Crippen MR) is 96.5 cm³/mol. The summed E-state index contributed by atoms with van der Waals surface area (Å²) in [5, 5.41) is 0. The fraction of sp³-hybridized carbons (Fsp3) is 0.588. The SMILES string of the molecule is C[C@H]1COCCN1c1nc(-c2cncnc2C(F)F)nc(N2CCOCC2)n1. The van der Waals surface area contributed by atoms with Crippen LogP contribution in [0.25, 0.3) is 11.4 Å². The zero-order valence-electron chi connectivity index (χ0n) is 15.5. The van der Waals surface area contributed by atoms with Crippen molar-refractivity contribution in [2.45, 2.75) is 19.4 Å². The zero-order valence-corrected chi connectivity index (χ0v) is 15.5. The molecule has 0 bridgehead atoms. The van der Waals surface area contributed by atoms with E-state index in [1.54, 1.807) is 0 Å². The molecule has 0 unspecified atom stereocenters. The van der Waals surface area contributed by atoms with Crippen LogP contribution in [0.1, 0.15) is 19.0 Å². The molecule has 4 heterocycles. The zero-order chi connectivity index (χ0) is 19.5. The lowest BCUT2D eigenvalue weighted by Gasteiger charge is -2.34. The summed E-state index contributed by atoms with van der Waals surface area (Å²) in [6.45, 7) is 6.07. The topological polar surface area (TPSA) is 89.4 Å². The van der Waals surface area contributed by atoms with Crippen LogP contribution in [0.4, 0.5) is 20.7 Å². The van der Waals surface area contributed by atoms with Crippen LogP contribution >= 0.6 is 0 Å². The molecule has 150 valence electrons. The van der Waals surface area contributed by atoms with Gasteiger partial charge in [0.1, 0.15) is 12.0 Å². The Labute approximate surface area is 160 Å². The Morgan fingerprint density at radius 3 is 2.54 bits per heavy atom. The van der Waals surface area contributed by atoms with Gasteiger partial charge in [-0.3, -0.25) is 0 Å². The predicted octanol–water partition coefficient (Wildman–Crippen LogP) is 1.33.